The first kappa shape index (κ1) is 19.6. The van der Waals surface area contributed by atoms with Crippen LogP contribution in [0, 0.1) is 0 Å². The highest BCUT2D eigenvalue weighted by molar-refractivity contribution is 5.91. The van der Waals surface area contributed by atoms with E-state index in [-0.39, 0.29) is 11.2 Å². The molecule has 0 aliphatic carbocycles. The van der Waals surface area contributed by atoms with Gasteiger partial charge < -0.3 is 9.47 Å². The van der Waals surface area contributed by atoms with Gasteiger partial charge in [0, 0.05) is 12.5 Å². The van der Waals surface area contributed by atoms with Gasteiger partial charge in [-0.25, -0.2) is 4.79 Å². The van der Waals surface area contributed by atoms with Gasteiger partial charge in [-0.05, 0) is 30.1 Å². The molecule has 130 valence electrons. The Morgan fingerprint density at radius 3 is 1.83 bits per heavy atom. The molecule has 0 heterocycles. The molecule has 5 nitrogen and oxygen atoms in total. The van der Waals surface area contributed by atoms with Crippen LogP contribution in [0.3, 0.4) is 0 Å². The number of ketones is 1. The zero-order valence-electron chi connectivity index (χ0n) is 15.0. The molecule has 0 saturated carbocycles. The van der Waals surface area contributed by atoms with E-state index in [4.69, 9.17) is 9.47 Å². The molecule has 0 N–H and O–H groups in total. The van der Waals surface area contributed by atoms with Gasteiger partial charge in [0.05, 0.1) is 7.11 Å². The zero-order valence-corrected chi connectivity index (χ0v) is 15.0. The highest BCUT2D eigenvalue weighted by atomic mass is 16.6. The maximum absolute atomic E-state index is 12.4. The maximum Gasteiger partial charge on any atom is 0.359 e. The van der Waals surface area contributed by atoms with Gasteiger partial charge in [0.15, 0.2) is 5.78 Å². The van der Waals surface area contributed by atoms with Crippen molar-refractivity contribution < 1.29 is 23.9 Å². The molecule has 1 aromatic carbocycles. The summed E-state index contributed by atoms with van der Waals surface area (Å²) < 4.78 is 10.1. The summed E-state index contributed by atoms with van der Waals surface area (Å²) in [5, 5.41) is 0. The summed E-state index contributed by atoms with van der Waals surface area (Å²) in [6, 6.07) is 7.12. The fourth-order valence-corrected chi connectivity index (χ4v) is 2.25. The first-order valence-electron chi connectivity index (χ1n) is 7.62. The van der Waals surface area contributed by atoms with Gasteiger partial charge in [-0.15, -0.1) is 0 Å². The smallest absolute Gasteiger partial charge is 0.359 e. The zero-order chi connectivity index (χ0) is 18.5. The van der Waals surface area contributed by atoms with Crippen LogP contribution in [0.15, 0.2) is 36.4 Å². The molecule has 0 spiro atoms. The summed E-state index contributed by atoms with van der Waals surface area (Å²) in [6.07, 6.45) is 2.45. The van der Waals surface area contributed by atoms with Crippen LogP contribution in [0.25, 0.3) is 0 Å². The predicted octanol–water partition coefficient (Wildman–Crippen LogP) is 3.06. The lowest BCUT2D eigenvalue weighted by atomic mass is 9.84. The van der Waals surface area contributed by atoms with Crippen molar-refractivity contribution in [1.29, 1.82) is 0 Å². The third-order valence-electron chi connectivity index (χ3n) is 3.53. The number of carbonyl (C=O) groups is 3. The van der Waals surface area contributed by atoms with E-state index in [1.165, 1.54) is 33.1 Å². The molecule has 5 heteroatoms. The van der Waals surface area contributed by atoms with Crippen LogP contribution in [0.5, 0.6) is 0 Å². The molecular formula is C19H24O5. The van der Waals surface area contributed by atoms with Gasteiger partial charge in [-0.2, -0.15) is 0 Å². The number of esters is 2. The molecule has 0 aromatic heterocycles. The minimum absolute atomic E-state index is 0.0664. The number of methoxy groups -OCH3 is 1. The standard InChI is InChI=1S/C19H24O5/c1-13(20)11-12-19(17(22)23-6,24-14(2)21)16-9-7-15(8-10-16)18(3,4)5/h7-12H,1-6H3/b12-11+. The summed E-state index contributed by atoms with van der Waals surface area (Å²) in [6.45, 7) is 8.74. The molecule has 0 amide bonds. The van der Waals surface area contributed by atoms with Crippen molar-refractivity contribution in [1.82, 2.24) is 0 Å². The van der Waals surface area contributed by atoms with Crippen molar-refractivity contribution in [2.24, 2.45) is 0 Å². The van der Waals surface area contributed by atoms with Crippen LogP contribution in [0.4, 0.5) is 0 Å². The molecule has 0 radical (unpaired) electrons. The van der Waals surface area contributed by atoms with Gasteiger partial charge in [0.1, 0.15) is 0 Å². The first-order chi connectivity index (χ1) is 11.0. The fraction of sp³-hybridized carbons (Fsp3) is 0.421. The SMILES string of the molecule is COC(=O)C(/C=C/C(C)=O)(OC(C)=O)c1ccc(C(C)(C)C)cc1. The average Bonchev–Trinajstić information content (AvgIpc) is 2.49. The second-order valence-electron chi connectivity index (χ2n) is 6.59. The minimum atomic E-state index is -1.79. The van der Waals surface area contributed by atoms with Crippen molar-refractivity contribution >= 4 is 17.7 Å². The summed E-state index contributed by atoms with van der Waals surface area (Å²) in [4.78, 5) is 35.3. The van der Waals surface area contributed by atoms with E-state index in [1.807, 2.05) is 12.1 Å². The second kappa shape index (κ2) is 7.43. The maximum atomic E-state index is 12.4. The van der Waals surface area contributed by atoms with Gasteiger partial charge >= 0.3 is 11.9 Å². The summed E-state index contributed by atoms with van der Waals surface area (Å²) in [7, 11) is 1.20. The lowest BCUT2D eigenvalue weighted by Crippen LogP contribution is -2.39. The summed E-state index contributed by atoms with van der Waals surface area (Å²) in [5.74, 6) is -1.71. The number of ether oxygens (including phenoxy) is 2. The van der Waals surface area contributed by atoms with Gasteiger partial charge in [0.25, 0.3) is 5.60 Å². The number of allylic oxidation sites excluding steroid dienone is 1. The Labute approximate surface area is 142 Å². The van der Waals surface area contributed by atoms with Gasteiger partial charge in [0.2, 0.25) is 0 Å². The number of hydrogen-bond donors (Lipinski definition) is 0. The Hall–Kier alpha value is -2.43. The van der Waals surface area contributed by atoms with Crippen LogP contribution in [-0.4, -0.2) is 24.8 Å². The molecule has 0 aliphatic rings. The van der Waals surface area contributed by atoms with E-state index in [0.29, 0.717) is 5.56 Å². The largest absolute Gasteiger partial charge is 0.466 e. The quantitative estimate of drug-likeness (QED) is 0.612. The van der Waals surface area contributed by atoms with E-state index < -0.39 is 17.5 Å². The number of carbonyl (C=O) groups excluding carboxylic acids is 3. The second-order valence-corrected chi connectivity index (χ2v) is 6.59. The van der Waals surface area contributed by atoms with E-state index in [1.54, 1.807) is 12.1 Å². The Morgan fingerprint density at radius 2 is 1.46 bits per heavy atom. The number of rotatable bonds is 5. The summed E-state index contributed by atoms with van der Waals surface area (Å²) in [5.41, 5.74) is -0.385. The van der Waals surface area contributed by atoms with Crippen LogP contribution in [0.1, 0.15) is 45.7 Å². The third-order valence-corrected chi connectivity index (χ3v) is 3.53. The predicted molar refractivity (Wildman–Crippen MR) is 90.4 cm³/mol. The molecule has 0 bridgehead atoms. The van der Waals surface area contributed by atoms with Gasteiger partial charge in [-0.1, -0.05) is 45.0 Å². The Kier molecular flexibility index (Phi) is 6.07. The molecule has 0 aliphatic heterocycles. The molecule has 1 aromatic rings. The monoisotopic (exact) mass is 332 g/mol. The van der Waals surface area contributed by atoms with E-state index >= 15 is 0 Å². The van der Waals surface area contributed by atoms with E-state index in [2.05, 4.69) is 20.8 Å². The first-order valence-corrected chi connectivity index (χ1v) is 7.62. The molecule has 1 unspecified atom stereocenters. The molecule has 1 rings (SSSR count). The van der Waals surface area contributed by atoms with Crippen LogP contribution >= 0.6 is 0 Å². The molecule has 1 atom stereocenters. The van der Waals surface area contributed by atoms with Crippen molar-refractivity contribution in [2.45, 2.75) is 45.6 Å². The van der Waals surface area contributed by atoms with Crippen molar-refractivity contribution in [2.75, 3.05) is 7.11 Å². The third kappa shape index (κ3) is 4.54. The fourth-order valence-electron chi connectivity index (χ4n) is 2.25. The lowest BCUT2D eigenvalue weighted by Gasteiger charge is -2.28. The van der Waals surface area contributed by atoms with Crippen LogP contribution in [-0.2, 0) is 34.9 Å². The van der Waals surface area contributed by atoms with Crippen LogP contribution in [0.2, 0.25) is 0 Å². The van der Waals surface area contributed by atoms with Crippen molar-refractivity contribution in [3.63, 3.8) is 0 Å². The van der Waals surface area contributed by atoms with E-state index in [9.17, 15) is 14.4 Å². The summed E-state index contributed by atoms with van der Waals surface area (Å²) >= 11 is 0. The Bertz CT molecular complexity index is 649. The minimum Gasteiger partial charge on any atom is -0.466 e. The highest BCUT2D eigenvalue weighted by Crippen LogP contribution is 2.32. The lowest BCUT2D eigenvalue weighted by molar-refractivity contribution is -0.175. The number of hydrogen-bond acceptors (Lipinski definition) is 5. The number of benzene rings is 1. The van der Waals surface area contributed by atoms with Crippen molar-refractivity contribution in [3.05, 3.63) is 47.5 Å². The Morgan fingerprint density at radius 1 is 0.958 bits per heavy atom. The van der Waals surface area contributed by atoms with Gasteiger partial charge in [-0.3, -0.25) is 9.59 Å². The average molecular weight is 332 g/mol. The van der Waals surface area contributed by atoms with Crippen molar-refractivity contribution in [3.8, 4) is 0 Å². The molecule has 24 heavy (non-hydrogen) atoms. The highest BCUT2D eigenvalue weighted by Gasteiger charge is 2.43. The molecule has 0 saturated heterocycles. The molecule has 0 fully saturated rings. The van der Waals surface area contributed by atoms with E-state index in [0.717, 1.165) is 5.56 Å². The topological polar surface area (TPSA) is 69.7 Å². The Balaban J connectivity index is 3.52. The molecular weight excluding hydrogens is 308 g/mol. The normalized spacial score (nSPS) is 14.1. The van der Waals surface area contributed by atoms with Crippen LogP contribution < -0.4 is 0 Å².